The molecule has 0 aliphatic carbocycles. The number of carbonyl (C=O) groups excluding carboxylic acids is 1. The van der Waals surface area contributed by atoms with Crippen molar-refractivity contribution in [2.24, 2.45) is 5.41 Å². The van der Waals surface area contributed by atoms with E-state index in [1.54, 1.807) is 4.90 Å². The Morgan fingerprint density at radius 1 is 1.16 bits per heavy atom. The molecule has 1 atom stereocenters. The minimum absolute atomic E-state index is 0.280. The number of carbonyl (C=O) groups is 2. The van der Waals surface area contributed by atoms with Gasteiger partial charge in [-0.2, -0.15) is 0 Å². The zero-order chi connectivity index (χ0) is 14.6. The maximum Gasteiger partial charge on any atom is 0.326 e. The van der Waals surface area contributed by atoms with Crippen LogP contribution in [-0.2, 0) is 4.79 Å². The fourth-order valence-corrected chi connectivity index (χ4v) is 2.11. The van der Waals surface area contributed by atoms with Gasteiger partial charge in [-0.3, -0.25) is 0 Å². The topological polar surface area (TPSA) is 72.9 Å². The molecular weight excluding hydrogens is 246 g/mol. The van der Waals surface area contributed by atoms with Crippen LogP contribution in [0.2, 0.25) is 0 Å². The molecule has 6 heteroatoms. The summed E-state index contributed by atoms with van der Waals surface area (Å²) in [4.78, 5) is 27.3. The van der Waals surface area contributed by atoms with Crippen LogP contribution in [0.25, 0.3) is 0 Å². The van der Waals surface area contributed by atoms with E-state index in [4.69, 9.17) is 0 Å². The van der Waals surface area contributed by atoms with Gasteiger partial charge in [0.2, 0.25) is 0 Å². The molecule has 0 spiro atoms. The van der Waals surface area contributed by atoms with Gasteiger partial charge in [0.05, 0.1) is 0 Å². The summed E-state index contributed by atoms with van der Waals surface area (Å²) in [6.45, 7) is 8.52. The summed E-state index contributed by atoms with van der Waals surface area (Å²) < 4.78 is 0. The quantitative estimate of drug-likeness (QED) is 0.780. The van der Waals surface area contributed by atoms with Crippen molar-refractivity contribution in [2.75, 3.05) is 33.2 Å². The number of carboxylic acids is 1. The molecule has 6 nitrogen and oxygen atoms in total. The first-order valence-corrected chi connectivity index (χ1v) is 6.68. The molecule has 0 unspecified atom stereocenters. The number of urea groups is 1. The van der Waals surface area contributed by atoms with Gasteiger partial charge in [-0.05, 0) is 25.4 Å². The summed E-state index contributed by atoms with van der Waals surface area (Å²) >= 11 is 0. The van der Waals surface area contributed by atoms with Crippen molar-refractivity contribution in [1.82, 2.24) is 15.1 Å². The van der Waals surface area contributed by atoms with Crippen molar-refractivity contribution in [2.45, 2.75) is 33.2 Å². The van der Waals surface area contributed by atoms with E-state index in [2.05, 4.69) is 10.2 Å². The zero-order valence-corrected chi connectivity index (χ0v) is 12.3. The Labute approximate surface area is 114 Å². The standard InChI is InChI=1S/C13H25N3O3/c1-13(2,3)10(11(17)18)14-12(19)16-7-5-6-15(4)8-9-16/h10H,5-9H2,1-4H3,(H,14,19)(H,17,18)/t10-/m0/s1. The van der Waals surface area contributed by atoms with Gasteiger partial charge in [-0.15, -0.1) is 0 Å². The summed E-state index contributed by atoms with van der Waals surface area (Å²) in [5.41, 5.74) is -0.510. The molecule has 19 heavy (non-hydrogen) atoms. The number of amides is 2. The van der Waals surface area contributed by atoms with Gasteiger partial charge >= 0.3 is 12.0 Å². The maximum absolute atomic E-state index is 12.2. The Morgan fingerprint density at radius 3 is 2.32 bits per heavy atom. The maximum atomic E-state index is 12.2. The van der Waals surface area contributed by atoms with E-state index in [9.17, 15) is 14.7 Å². The molecule has 1 rings (SSSR count). The molecule has 0 aromatic heterocycles. The molecule has 0 aromatic rings. The molecule has 2 N–H and O–H groups in total. The zero-order valence-electron chi connectivity index (χ0n) is 12.3. The Kier molecular flexibility index (Phi) is 5.17. The van der Waals surface area contributed by atoms with Crippen molar-refractivity contribution in [1.29, 1.82) is 0 Å². The molecule has 0 bridgehead atoms. The van der Waals surface area contributed by atoms with E-state index in [0.29, 0.717) is 13.1 Å². The monoisotopic (exact) mass is 271 g/mol. The predicted molar refractivity (Wildman–Crippen MR) is 73.1 cm³/mol. The van der Waals surface area contributed by atoms with Gasteiger partial charge in [-0.1, -0.05) is 20.8 Å². The molecule has 1 fully saturated rings. The molecule has 1 saturated heterocycles. The number of hydrogen-bond acceptors (Lipinski definition) is 3. The number of carboxylic acid groups (broad SMARTS) is 1. The molecule has 0 radical (unpaired) electrons. The van der Waals surface area contributed by atoms with Crippen molar-refractivity contribution in [3.63, 3.8) is 0 Å². The van der Waals surface area contributed by atoms with Crippen molar-refractivity contribution >= 4 is 12.0 Å². The largest absolute Gasteiger partial charge is 0.480 e. The third-order valence-corrected chi connectivity index (χ3v) is 3.39. The lowest BCUT2D eigenvalue weighted by atomic mass is 9.87. The summed E-state index contributed by atoms with van der Waals surface area (Å²) in [6.07, 6.45) is 0.914. The van der Waals surface area contributed by atoms with Crippen LogP contribution >= 0.6 is 0 Å². The average molecular weight is 271 g/mol. The number of nitrogens with zero attached hydrogens (tertiary/aromatic N) is 2. The average Bonchev–Trinajstić information content (AvgIpc) is 2.48. The van der Waals surface area contributed by atoms with Crippen LogP contribution < -0.4 is 5.32 Å². The summed E-state index contributed by atoms with van der Waals surface area (Å²) in [7, 11) is 2.02. The lowest BCUT2D eigenvalue weighted by molar-refractivity contribution is -0.142. The predicted octanol–water partition coefficient (Wildman–Crippen LogP) is 0.833. The Bertz CT molecular complexity index is 339. The van der Waals surface area contributed by atoms with E-state index in [0.717, 1.165) is 19.5 Å². The van der Waals surface area contributed by atoms with Crippen LogP contribution in [-0.4, -0.2) is 66.2 Å². The first kappa shape index (κ1) is 15.8. The van der Waals surface area contributed by atoms with Crippen molar-refractivity contribution in [3.05, 3.63) is 0 Å². The summed E-state index contributed by atoms with van der Waals surface area (Å²) in [5.74, 6) is -0.993. The summed E-state index contributed by atoms with van der Waals surface area (Å²) in [5, 5.41) is 11.8. The second-order valence-electron chi connectivity index (χ2n) is 6.23. The number of nitrogens with one attached hydrogen (secondary N) is 1. The van der Waals surface area contributed by atoms with Crippen LogP contribution in [0.4, 0.5) is 4.79 Å². The number of likely N-dealkylation sites (N-methyl/N-ethyl adjacent to an activating group) is 1. The Hall–Kier alpha value is -1.30. The molecular formula is C13H25N3O3. The van der Waals surface area contributed by atoms with Crippen LogP contribution in [0.5, 0.6) is 0 Å². The first-order valence-electron chi connectivity index (χ1n) is 6.68. The molecule has 0 aromatic carbocycles. The Balaban J connectivity index is 2.64. The third kappa shape index (κ3) is 4.70. The van der Waals surface area contributed by atoms with Gasteiger partial charge in [-0.25, -0.2) is 9.59 Å². The lowest BCUT2D eigenvalue weighted by Crippen LogP contribution is -2.53. The first-order chi connectivity index (χ1) is 8.71. The molecule has 0 saturated carbocycles. The second kappa shape index (κ2) is 6.23. The van der Waals surface area contributed by atoms with E-state index in [1.165, 1.54) is 0 Å². The van der Waals surface area contributed by atoms with Crippen LogP contribution in [0.1, 0.15) is 27.2 Å². The molecule has 2 amide bonds. The number of hydrogen-bond donors (Lipinski definition) is 2. The fourth-order valence-electron chi connectivity index (χ4n) is 2.11. The van der Waals surface area contributed by atoms with E-state index >= 15 is 0 Å². The summed E-state index contributed by atoms with van der Waals surface area (Å²) in [6, 6.07) is -1.15. The number of rotatable bonds is 2. The van der Waals surface area contributed by atoms with E-state index in [-0.39, 0.29) is 6.03 Å². The minimum Gasteiger partial charge on any atom is -0.480 e. The van der Waals surface area contributed by atoms with Gasteiger partial charge in [0.1, 0.15) is 6.04 Å². The minimum atomic E-state index is -0.993. The molecule has 1 aliphatic rings. The van der Waals surface area contributed by atoms with E-state index < -0.39 is 17.4 Å². The van der Waals surface area contributed by atoms with Crippen LogP contribution in [0, 0.1) is 5.41 Å². The highest BCUT2D eigenvalue weighted by Crippen LogP contribution is 2.19. The Morgan fingerprint density at radius 2 is 1.79 bits per heavy atom. The van der Waals surface area contributed by atoms with Gasteiger partial charge in [0.15, 0.2) is 0 Å². The molecule has 1 heterocycles. The van der Waals surface area contributed by atoms with Crippen molar-refractivity contribution < 1.29 is 14.7 Å². The highest BCUT2D eigenvalue weighted by molar-refractivity contribution is 5.83. The van der Waals surface area contributed by atoms with Crippen LogP contribution in [0.15, 0.2) is 0 Å². The SMILES string of the molecule is CN1CCCN(C(=O)N[C@@H](C(=O)O)C(C)(C)C)CC1. The number of aliphatic carboxylic acids is 1. The lowest BCUT2D eigenvalue weighted by Gasteiger charge is -2.30. The molecule has 1 aliphatic heterocycles. The van der Waals surface area contributed by atoms with Gasteiger partial charge in [0.25, 0.3) is 0 Å². The smallest absolute Gasteiger partial charge is 0.326 e. The molecule has 110 valence electrons. The third-order valence-electron chi connectivity index (χ3n) is 3.39. The van der Waals surface area contributed by atoms with Crippen molar-refractivity contribution in [3.8, 4) is 0 Å². The normalized spacial score (nSPS) is 19.7. The highest BCUT2D eigenvalue weighted by atomic mass is 16.4. The van der Waals surface area contributed by atoms with E-state index in [1.807, 2.05) is 27.8 Å². The highest BCUT2D eigenvalue weighted by Gasteiger charge is 2.33. The van der Waals surface area contributed by atoms with Crippen LogP contribution in [0.3, 0.4) is 0 Å². The second-order valence-corrected chi connectivity index (χ2v) is 6.23. The fraction of sp³-hybridized carbons (Fsp3) is 0.846. The van der Waals surface area contributed by atoms with Gasteiger partial charge < -0.3 is 20.2 Å². The van der Waals surface area contributed by atoms with Gasteiger partial charge in [0, 0.05) is 19.6 Å².